The second-order valence-electron chi connectivity index (χ2n) is 9.17. The van der Waals surface area contributed by atoms with E-state index in [4.69, 9.17) is 4.43 Å². The Hall–Kier alpha value is -0.433. The first-order valence-corrected chi connectivity index (χ1v) is 12.2. The summed E-state index contributed by atoms with van der Waals surface area (Å²) in [4.78, 5) is 12.3. The van der Waals surface area contributed by atoms with Crippen LogP contribution in [-0.2, 0) is 9.22 Å². The second kappa shape index (κ2) is 6.70. The van der Waals surface area contributed by atoms with E-state index in [9.17, 15) is 9.90 Å². The molecule has 2 rings (SSSR count). The first-order chi connectivity index (χ1) is 10.9. The predicted molar refractivity (Wildman–Crippen MR) is 99.4 cm³/mol. The van der Waals surface area contributed by atoms with Gasteiger partial charge in [0.1, 0.15) is 5.60 Å². The Balaban J connectivity index is 2.15. The third-order valence-corrected chi connectivity index (χ3v) is 11.1. The van der Waals surface area contributed by atoms with Crippen LogP contribution in [0.2, 0.25) is 18.1 Å². The van der Waals surface area contributed by atoms with Gasteiger partial charge in [0.25, 0.3) is 0 Å². The van der Waals surface area contributed by atoms with Crippen LogP contribution in [0, 0.1) is 5.92 Å². The Morgan fingerprint density at radius 2 is 2.00 bits per heavy atom. The molecule has 5 nitrogen and oxygen atoms in total. The van der Waals surface area contributed by atoms with Crippen LogP contribution in [-0.4, -0.2) is 50.2 Å². The number of rotatable bonds is 5. The van der Waals surface area contributed by atoms with Crippen molar-refractivity contribution >= 4 is 14.2 Å². The van der Waals surface area contributed by atoms with Crippen LogP contribution < -0.4 is 10.6 Å². The molecule has 1 aliphatic heterocycles. The number of carbonyl (C=O) groups excluding carboxylic acids is 1. The van der Waals surface area contributed by atoms with Crippen molar-refractivity contribution in [3.8, 4) is 0 Å². The third kappa shape index (κ3) is 3.43. The number of amides is 1. The van der Waals surface area contributed by atoms with Gasteiger partial charge in [-0.2, -0.15) is 0 Å². The highest BCUT2D eigenvalue weighted by atomic mass is 28.4. The quantitative estimate of drug-likeness (QED) is 0.522. The van der Waals surface area contributed by atoms with Crippen molar-refractivity contribution in [1.29, 1.82) is 0 Å². The average molecular weight is 357 g/mol. The lowest BCUT2D eigenvalue weighted by atomic mass is 9.67. The summed E-state index contributed by atoms with van der Waals surface area (Å²) < 4.78 is 6.46. The van der Waals surface area contributed by atoms with Crippen LogP contribution in [0.25, 0.3) is 0 Å². The highest BCUT2D eigenvalue weighted by Gasteiger charge is 2.58. The molecular weight excluding hydrogens is 320 g/mol. The van der Waals surface area contributed by atoms with Gasteiger partial charge in [0.05, 0.1) is 18.1 Å². The third-order valence-electron chi connectivity index (χ3n) is 6.56. The molecule has 0 aromatic rings. The van der Waals surface area contributed by atoms with Crippen LogP contribution in [0.15, 0.2) is 0 Å². The summed E-state index contributed by atoms with van der Waals surface area (Å²) in [7, 11) is -0.0539. The Labute approximate surface area is 148 Å². The molecule has 1 amide bonds. The van der Waals surface area contributed by atoms with Crippen molar-refractivity contribution in [2.75, 3.05) is 7.05 Å². The average Bonchev–Trinajstić information content (AvgIpc) is 2.43. The van der Waals surface area contributed by atoms with Crippen LogP contribution in [0.5, 0.6) is 0 Å². The van der Waals surface area contributed by atoms with E-state index in [1.807, 2.05) is 14.0 Å². The molecule has 0 spiro atoms. The number of aliphatic hydroxyl groups is 1. The van der Waals surface area contributed by atoms with Gasteiger partial charge in [-0.05, 0) is 44.9 Å². The predicted octanol–water partition coefficient (Wildman–Crippen LogP) is 2.40. The molecule has 1 aliphatic carbocycles. The molecule has 1 saturated carbocycles. The van der Waals surface area contributed by atoms with Crippen LogP contribution in [0.3, 0.4) is 0 Å². The van der Waals surface area contributed by atoms with Crippen molar-refractivity contribution in [2.24, 2.45) is 5.92 Å². The zero-order chi connectivity index (χ0) is 18.3. The normalized spacial score (nSPS) is 36.0. The zero-order valence-electron chi connectivity index (χ0n) is 16.4. The highest BCUT2D eigenvalue weighted by Crippen LogP contribution is 2.42. The van der Waals surface area contributed by atoms with Gasteiger partial charge in [-0.1, -0.05) is 33.6 Å². The van der Waals surface area contributed by atoms with Gasteiger partial charge in [-0.15, -0.1) is 0 Å². The van der Waals surface area contributed by atoms with Gasteiger partial charge >= 0.3 is 0 Å². The Morgan fingerprint density at radius 1 is 1.38 bits per heavy atom. The van der Waals surface area contributed by atoms with E-state index in [1.54, 1.807) is 0 Å². The minimum absolute atomic E-state index is 0.0139. The summed E-state index contributed by atoms with van der Waals surface area (Å²) in [6.07, 6.45) is 3.63. The molecule has 1 heterocycles. The molecule has 0 radical (unpaired) electrons. The van der Waals surface area contributed by atoms with Crippen molar-refractivity contribution in [1.82, 2.24) is 10.6 Å². The maximum Gasteiger partial charge on any atom is 0.228 e. The second-order valence-corrected chi connectivity index (χ2v) is 13.9. The van der Waals surface area contributed by atoms with Gasteiger partial charge in [-0.25, -0.2) is 0 Å². The number of nitrogens with one attached hydrogen (secondary N) is 2. The van der Waals surface area contributed by atoms with E-state index in [2.05, 4.69) is 44.5 Å². The summed E-state index contributed by atoms with van der Waals surface area (Å²) in [5.74, 6) is -0.252. The Bertz CT molecular complexity index is 477. The lowest BCUT2D eigenvalue weighted by molar-refractivity contribution is -0.160. The molecule has 0 bridgehead atoms. The van der Waals surface area contributed by atoms with Gasteiger partial charge < -0.3 is 20.2 Å². The first-order valence-electron chi connectivity index (χ1n) is 9.32. The number of carbonyl (C=O) groups is 1. The molecule has 1 saturated heterocycles. The fourth-order valence-corrected chi connectivity index (χ4v) is 5.41. The lowest BCUT2D eigenvalue weighted by Gasteiger charge is -2.54. The maximum absolute atomic E-state index is 12.3. The summed E-state index contributed by atoms with van der Waals surface area (Å²) >= 11 is 0. The molecule has 2 fully saturated rings. The molecule has 6 heteroatoms. The molecule has 0 unspecified atom stereocenters. The zero-order valence-corrected chi connectivity index (χ0v) is 17.4. The highest BCUT2D eigenvalue weighted by molar-refractivity contribution is 6.74. The van der Waals surface area contributed by atoms with Gasteiger partial charge in [0.2, 0.25) is 5.91 Å². The molecule has 2 aliphatic rings. The van der Waals surface area contributed by atoms with Gasteiger partial charge in [0, 0.05) is 6.04 Å². The Kier molecular flexibility index (Phi) is 5.56. The molecule has 24 heavy (non-hydrogen) atoms. The molecule has 3 N–H and O–H groups in total. The largest absolute Gasteiger partial charge is 0.413 e. The van der Waals surface area contributed by atoms with Crippen LogP contribution >= 0.6 is 0 Å². The fraction of sp³-hybridized carbons (Fsp3) is 0.944. The standard InChI is InChI=1S/C18H36N2O3Si/c1-12(23-24(6,7)17(2,3)4)14-15(20-16(14)21)18(22)11-9-8-10-13(18)19-5/h12-15,19,22H,8-11H2,1-7H3,(H,20,21)/t12-,13+,14-,15-,18-/m1/s1. The van der Waals surface area contributed by atoms with E-state index in [1.165, 1.54) is 0 Å². The van der Waals surface area contributed by atoms with E-state index in [0.29, 0.717) is 0 Å². The minimum atomic E-state index is -1.95. The molecular formula is C18H36N2O3Si. The van der Waals surface area contributed by atoms with Crippen molar-refractivity contribution in [3.05, 3.63) is 0 Å². The lowest BCUT2D eigenvalue weighted by Crippen LogP contribution is -2.76. The fourth-order valence-electron chi connectivity index (χ4n) is 3.98. The van der Waals surface area contributed by atoms with Crippen LogP contribution in [0.4, 0.5) is 0 Å². The first kappa shape index (κ1) is 19.9. The van der Waals surface area contributed by atoms with Crippen molar-refractivity contribution in [2.45, 2.75) is 95.3 Å². The monoisotopic (exact) mass is 356 g/mol. The molecule has 5 atom stereocenters. The topological polar surface area (TPSA) is 70.6 Å². The summed E-state index contributed by atoms with van der Waals surface area (Å²) in [6, 6.07) is -0.193. The van der Waals surface area contributed by atoms with Gasteiger partial charge in [-0.3, -0.25) is 4.79 Å². The van der Waals surface area contributed by atoms with Gasteiger partial charge in [0.15, 0.2) is 8.32 Å². The van der Waals surface area contributed by atoms with Crippen LogP contribution in [0.1, 0.15) is 53.4 Å². The number of β-lactam (4-membered cyclic amide) rings is 1. The SMILES string of the molecule is CN[C@H]1CCCC[C@]1(O)[C@@H]1NC(=O)[C@@H]1[C@@H](C)O[Si](C)(C)C(C)(C)C. The summed E-state index contributed by atoms with van der Waals surface area (Å²) in [5, 5.41) is 17.7. The molecule has 140 valence electrons. The summed E-state index contributed by atoms with van der Waals surface area (Å²) in [5.41, 5.74) is -0.878. The number of hydrogen-bond donors (Lipinski definition) is 3. The van der Waals surface area contributed by atoms with E-state index >= 15 is 0 Å². The Morgan fingerprint density at radius 3 is 2.50 bits per heavy atom. The minimum Gasteiger partial charge on any atom is -0.413 e. The number of hydrogen-bond acceptors (Lipinski definition) is 4. The molecule has 0 aromatic heterocycles. The smallest absolute Gasteiger partial charge is 0.228 e. The molecule has 0 aromatic carbocycles. The van der Waals surface area contributed by atoms with E-state index < -0.39 is 13.9 Å². The van der Waals surface area contributed by atoms with Crippen molar-refractivity contribution in [3.63, 3.8) is 0 Å². The van der Waals surface area contributed by atoms with Crippen molar-refractivity contribution < 1.29 is 14.3 Å². The van der Waals surface area contributed by atoms with E-state index in [0.717, 1.165) is 25.7 Å². The van der Waals surface area contributed by atoms with E-state index in [-0.39, 0.29) is 35.1 Å². The maximum atomic E-state index is 12.3. The number of likely N-dealkylation sites (N-methyl/N-ethyl adjacent to an activating group) is 1. The summed E-state index contributed by atoms with van der Waals surface area (Å²) in [6.45, 7) is 13.0.